The molecule has 0 aliphatic carbocycles. The number of hydrogen-bond donors (Lipinski definition) is 1. The van der Waals surface area contributed by atoms with Crippen molar-refractivity contribution in [1.29, 1.82) is 0 Å². The van der Waals surface area contributed by atoms with Crippen LogP contribution in [0.5, 0.6) is 0 Å². The zero-order chi connectivity index (χ0) is 14.1. The van der Waals surface area contributed by atoms with E-state index in [4.69, 9.17) is 11.6 Å². The minimum atomic E-state index is -0.309. The molecule has 2 aromatic rings. The Morgan fingerprint density at radius 1 is 1.15 bits per heavy atom. The smallest absolute Gasteiger partial charge is 0.261 e. The van der Waals surface area contributed by atoms with E-state index in [2.05, 4.69) is 10.5 Å². The molecule has 2 amide bonds. The molecule has 0 saturated heterocycles. The summed E-state index contributed by atoms with van der Waals surface area (Å²) in [6.45, 7) is 1.86. The topological polar surface area (TPSA) is 44.7 Å². The average molecular weight is 286 g/mol. The molecule has 1 heterocycles. The summed E-state index contributed by atoms with van der Waals surface area (Å²) in [6.07, 6.45) is 0. The fraction of sp³-hybridized carbons (Fsp3) is 0.0667. The summed E-state index contributed by atoms with van der Waals surface area (Å²) in [5, 5.41) is 4.67. The molecule has 0 aromatic heterocycles. The number of nitrogens with zero attached hydrogens (tertiary/aromatic N) is 2. The Labute approximate surface area is 121 Å². The van der Waals surface area contributed by atoms with Gasteiger partial charge < -0.3 is 0 Å². The molecule has 1 aliphatic heterocycles. The van der Waals surface area contributed by atoms with Gasteiger partial charge in [-0.05, 0) is 31.2 Å². The number of rotatable bonds is 1. The van der Waals surface area contributed by atoms with Crippen molar-refractivity contribution >= 4 is 34.7 Å². The van der Waals surface area contributed by atoms with E-state index in [1.54, 1.807) is 17.0 Å². The summed E-state index contributed by atoms with van der Waals surface area (Å²) in [5.74, 6) is 0. The number of nitrogens with one attached hydrogen (secondary N) is 1. The highest BCUT2D eigenvalue weighted by Crippen LogP contribution is 2.31. The minimum Gasteiger partial charge on any atom is -0.261 e. The van der Waals surface area contributed by atoms with Gasteiger partial charge in [0.2, 0.25) is 0 Å². The molecule has 0 bridgehead atoms. The number of carbonyl (C=O) groups is 1. The third kappa shape index (κ3) is 2.14. The van der Waals surface area contributed by atoms with Crippen LogP contribution in [-0.4, -0.2) is 11.7 Å². The maximum atomic E-state index is 12.3. The van der Waals surface area contributed by atoms with E-state index in [1.165, 1.54) is 0 Å². The van der Waals surface area contributed by atoms with E-state index in [-0.39, 0.29) is 6.03 Å². The predicted octanol–water partition coefficient (Wildman–Crippen LogP) is 3.93. The van der Waals surface area contributed by atoms with Crippen molar-refractivity contribution < 1.29 is 4.79 Å². The molecule has 4 nitrogen and oxygen atoms in total. The Morgan fingerprint density at radius 2 is 1.95 bits per heavy atom. The summed E-state index contributed by atoms with van der Waals surface area (Å²) in [6, 6.07) is 14.5. The zero-order valence-electron chi connectivity index (χ0n) is 10.8. The van der Waals surface area contributed by atoms with Crippen LogP contribution < -0.4 is 10.3 Å². The van der Waals surface area contributed by atoms with Crippen molar-refractivity contribution in [3.63, 3.8) is 0 Å². The van der Waals surface area contributed by atoms with Gasteiger partial charge in [-0.25, -0.2) is 10.2 Å². The lowest BCUT2D eigenvalue weighted by atomic mass is 10.1. The van der Waals surface area contributed by atoms with Crippen LogP contribution in [0.3, 0.4) is 0 Å². The lowest BCUT2D eigenvalue weighted by molar-refractivity contribution is 0.249. The van der Waals surface area contributed by atoms with Crippen molar-refractivity contribution in [3.05, 3.63) is 59.1 Å². The monoisotopic (exact) mass is 285 g/mol. The summed E-state index contributed by atoms with van der Waals surface area (Å²) in [5.41, 5.74) is 5.70. The van der Waals surface area contributed by atoms with Crippen LogP contribution in [0.15, 0.2) is 53.6 Å². The molecular weight excluding hydrogens is 274 g/mol. The van der Waals surface area contributed by atoms with Crippen molar-refractivity contribution in [2.75, 3.05) is 4.90 Å². The van der Waals surface area contributed by atoms with Crippen molar-refractivity contribution in [2.45, 2.75) is 6.92 Å². The Hall–Kier alpha value is -2.33. The molecule has 0 fully saturated rings. The molecule has 0 spiro atoms. The molecule has 2 aromatic carbocycles. The van der Waals surface area contributed by atoms with Gasteiger partial charge >= 0.3 is 6.03 Å². The molecular formula is C15H12ClN3O. The summed E-state index contributed by atoms with van der Waals surface area (Å²) in [4.78, 5) is 13.9. The summed E-state index contributed by atoms with van der Waals surface area (Å²) < 4.78 is 0. The zero-order valence-corrected chi connectivity index (χ0v) is 11.6. The lowest BCUT2D eigenvalue weighted by Gasteiger charge is -2.22. The van der Waals surface area contributed by atoms with Gasteiger partial charge in [0.15, 0.2) is 0 Å². The molecule has 0 atom stereocenters. The lowest BCUT2D eigenvalue weighted by Crippen LogP contribution is -2.33. The number of carbonyl (C=O) groups excluding carboxylic acids is 1. The van der Waals surface area contributed by atoms with Crippen LogP contribution in [0.2, 0.25) is 5.02 Å². The quantitative estimate of drug-likeness (QED) is 0.848. The number of hydrogen-bond acceptors (Lipinski definition) is 2. The Kier molecular flexibility index (Phi) is 3.16. The third-order valence-corrected chi connectivity index (χ3v) is 3.36. The van der Waals surface area contributed by atoms with Crippen LogP contribution in [0.1, 0.15) is 12.5 Å². The molecule has 5 heteroatoms. The average Bonchev–Trinajstić information content (AvgIpc) is 2.57. The van der Waals surface area contributed by atoms with Crippen LogP contribution in [0, 0.1) is 0 Å². The van der Waals surface area contributed by atoms with Crippen LogP contribution in [0.4, 0.5) is 16.2 Å². The van der Waals surface area contributed by atoms with Gasteiger partial charge in [-0.15, -0.1) is 0 Å². The Bertz CT molecular complexity index is 712. The second kappa shape index (κ2) is 4.98. The molecule has 0 radical (unpaired) electrons. The number of fused-ring (bicyclic) bond motifs is 1. The Morgan fingerprint density at radius 3 is 2.75 bits per heavy atom. The van der Waals surface area contributed by atoms with E-state index in [1.807, 2.05) is 43.3 Å². The second-order valence-electron chi connectivity index (χ2n) is 4.45. The maximum absolute atomic E-state index is 12.3. The van der Waals surface area contributed by atoms with Gasteiger partial charge in [-0.2, -0.15) is 5.10 Å². The number of amides is 2. The molecule has 1 N–H and O–H groups in total. The van der Waals surface area contributed by atoms with Gasteiger partial charge in [-0.1, -0.05) is 35.9 Å². The predicted molar refractivity (Wildman–Crippen MR) is 80.8 cm³/mol. The van der Waals surface area contributed by atoms with Gasteiger partial charge in [-0.3, -0.25) is 4.90 Å². The largest absolute Gasteiger partial charge is 0.346 e. The van der Waals surface area contributed by atoms with Crippen molar-refractivity contribution in [3.8, 4) is 0 Å². The van der Waals surface area contributed by atoms with Crippen LogP contribution in [-0.2, 0) is 0 Å². The van der Waals surface area contributed by atoms with E-state index in [0.717, 1.165) is 17.0 Å². The molecule has 1 aliphatic rings. The van der Waals surface area contributed by atoms with E-state index >= 15 is 0 Å². The number of benzene rings is 2. The number of halogens is 1. The number of para-hydroxylation sites is 1. The first-order chi connectivity index (χ1) is 9.66. The standard InChI is InChI=1S/C15H12ClN3O/c1-10-13-7-2-3-8-14(13)19(15(20)18-17-10)12-6-4-5-11(16)9-12/h2-9H,1H3,(H,18,20). The number of anilines is 2. The SMILES string of the molecule is CC1=NNC(=O)N(c2cccc(Cl)c2)c2ccccc21. The molecule has 0 saturated carbocycles. The minimum absolute atomic E-state index is 0.309. The van der Waals surface area contributed by atoms with E-state index in [9.17, 15) is 4.79 Å². The molecule has 0 unspecified atom stereocenters. The fourth-order valence-corrected chi connectivity index (χ4v) is 2.38. The van der Waals surface area contributed by atoms with Crippen LogP contribution >= 0.6 is 11.6 Å². The highest BCUT2D eigenvalue weighted by molar-refractivity contribution is 6.31. The maximum Gasteiger partial charge on any atom is 0.346 e. The number of urea groups is 1. The summed E-state index contributed by atoms with van der Waals surface area (Å²) in [7, 11) is 0. The van der Waals surface area contributed by atoms with Crippen LogP contribution in [0.25, 0.3) is 0 Å². The first-order valence-corrected chi connectivity index (χ1v) is 6.54. The third-order valence-electron chi connectivity index (χ3n) is 3.12. The highest BCUT2D eigenvalue weighted by Gasteiger charge is 2.24. The van der Waals surface area contributed by atoms with Gasteiger partial charge in [0.25, 0.3) is 0 Å². The Balaban J connectivity index is 2.20. The first-order valence-electron chi connectivity index (χ1n) is 6.16. The van der Waals surface area contributed by atoms with Crippen molar-refractivity contribution in [1.82, 2.24) is 5.43 Å². The molecule has 20 heavy (non-hydrogen) atoms. The van der Waals surface area contributed by atoms with Gasteiger partial charge in [0, 0.05) is 10.6 Å². The summed E-state index contributed by atoms with van der Waals surface area (Å²) >= 11 is 6.02. The number of hydrazone groups is 1. The normalized spacial score (nSPS) is 14.2. The fourth-order valence-electron chi connectivity index (χ4n) is 2.20. The second-order valence-corrected chi connectivity index (χ2v) is 4.88. The van der Waals surface area contributed by atoms with E-state index < -0.39 is 0 Å². The highest BCUT2D eigenvalue weighted by atomic mass is 35.5. The van der Waals surface area contributed by atoms with E-state index in [0.29, 0.717) is 10.7 Å². The van der Waals surface area contributed by atoms with Gasteiger partial charge in [0.05, 0.1) is 17.1 Å². The molecule has 3 rings (SSSR count). The first kappa shape index (κ1) is 12.7. The molecule has 100 valence electrons. The van der Waals surface area contributed by atoms with Gasteiger partial charge in [0.1, 0.15) is 0 Å². The van der Waals surface area contributed by atoms with Crippen molar-refractivity contribution in [2.24, 2.45) is 5.10 Å².